The van der Waals surface area contributed by atoms with Gasteiger partial charge in [0.25, 0.3) is 20.0 Å². The Kier molecular flexibility index (Phi) is 13.2. The molecule has 0 spiro atoms. The summed E-state index contributed by atoms with van der Waals surface area (Å²) in [6.45, 7) is 4.37. The first-order valence-electron chi connectivity index (χ1n) is 16.4. The molecular formula is C36H40Cl2N6O4S2. The molecule has 0 aromatic heterocycles. The van der Waals surface area contributed by atoms with E-state index in [1.54, 1.807) is 0 Å². The average molecular weight is 756 g/mol. The second-order valence-electron chi connectivity index (χ2n) is 11.9. The van der Waals surface area contributed by atoms with Gasteiger partial charge in [0.15, 0.2) is 0 Å². The van der Waals surface area contributed by atoms with E-state index in [0.29, 0.717) is 10.0 Å². The van der Waals surface area contributed by atoms with Crippen molar-refractivity contribution in [2.45, 2.75) is 48.3 Å². The Morgan fingerprint density at radius 2 is 0.800 bits per heavy atom. The first kappa shape index (κ1) is 37.2. The van der Waals surface area contributed by atoms with E-state index in [1.807, 2.05) is 48.5 Å². The normalized spacial score (nSPS) is 15.5. The standard InChI is InChI=1S/2C18H20ClN3O2S/c2*19-16-6-10-18(11-7-16)25(23,24)21-20-14-15-4-8-17(9-5-15)22-12-2-1-3-13-22/h2*4-11,14,21H,1-3,12-13H2/b2*20-14+. The van der Waals surface area contributed by atoms with Gasteiger partial charge in [-0.05, 0) is 122 Å². The lowest BCUT2D eigenvalue weighted by atomic mass is 10.1. The van der Waals surface area contributed by atoms with Crippen LogP contribution >= 0.6 is 23.2 Å². The van der Waals surface area contributed by atoms with Gasteiger partial charge < -0.3 is 9.80 Å². The molecule has 0 unspecified atom stereocenters. The zero-order valence-electron chi connectivity index (χ0n) is 27.5. The highest BCUT2D eigenvalue weighted by Crippen LogP contribution is 2.21. The fourth-order valence-corrected chi connectivity index (χ4v) is 7.35. The predicted molar refractivity (Wildman–Crippen MR) is 204 cm³/mol. The smallest absolute Gasteiger partial charge is 0.276 e. The maximum absolute atomic E-state index is 12.1. The number of hydrogen-bond donors (Lipinski definition) is 2. The van der Waals surface area contributed by atoms with E-state index in [4.69, 9.17) is 23.2 Å². The quantitative estimate of drug-likeness (QED) is 0.130. The zero-order valence-corrected chi connectivity index (χ0v) is 30.6. The van der Waals surface area contributed by atoms with E-state index in [9.17, 15) is 16.8 Å². The van der Waals surface area contributed by atoms with E-state index in [1.165, 1.54) is 111 Å². The molecule has 50 heavy (non-hydrogen) atoms. The van der Waals surface area contributed by atoms with Gasteiger partial charge in [0.2, 0.25) is 0 Å². The third kappa shape index (κ3) is 10.9. The van der Waals surface area contributed by atoms with Crippen molar-refractivity contribution in [2.24, 2.45) is 10.2 Å². The molecule has 14 heteroatoms. The van der Waals surface area contributed by atoms with Crippen molar-refractivity contribution in [3.63, 3.8) is 0 Å². The molecule has 0 saturated carbocycles. The second kappa shape index (κ2) is 17.7. The third-order valence-corrected chi connectivity index (χ3v) is 11.2. The first-order valence-corrected chi connectivity index (χ1v) is 20.1. The monoisotopic (exact) mass is 754 g/mol. The number of anilines is 2. The van der Waals surface area contributed by atoms with Crippen molar-refractivity contribution in [2.75, 3.05) is 36.0 Å². The number of hydrogen-bond acceptors (Lipinski definition) is 8. The highest BCUT2D eigenvalue weighted by atomic mass is 35.5. The molecule has 0 aliphatic carbocycles. The second-order valence-corrected chi connectivity index (χ2v) is 16.1. The Morgan fingerprint density at radius 3 is 1.12 bits per heavy atom. The minimum atomic E-state index is -3.69. The van der Waals surface area contributed by atoms with Crippen LogP contribution in [-0.4, -0.2) is 55.4 Å². The Bertz CT molecular complexity index is 1800. The van der Waals surface area contributed by atoms with Crippen LogP contribution in [0.15, 0.2) is 117 Å². The average Bonchev–Trinajstić information content (AvgIpc) is 3.13. The summed E-state index contributed by atoms with van der Waals surface area (Å²) in [7, 11) is -7.37. The predicted octanol–water partition coefficient (Wildman–Crippen LogP) is 7.29. The zero-order chi connectivity index (χ0) is 35.4. The summed E-state index contributed by atoms with van der Waals surface area (Å²) in [5.74, 6) is 0. The summed E-state index contributed by atoms with van der Waals surface area (Å²) in [5.41, 5.74) is 4.05. The minimum Gasteiger partial charge on any atom is -0.372 e. The fourth-order valence-electron chi connectivity index (χ4n) is 5.52. The summed E-state index contributed by atoms with van der Waals surface area (Å²) < 4.78 is 48.5. The van der Waals surface area contributed by atoms with Crippen molar-refractivity contribution in [3.05, 3.63) is 118 Å². The van der Waals surface area contributed by atoms with Gasteiger partial charge in [0.05, 0.1) is 22.2 Å². The number of benzene rings is 4. The van der Waals surface area contributed by atoms with Crippen LogP contribution in [0, 0.1) is 0 Å². The summed E-state index contributed by atoms with van der Waals surface area (Å²) in [6, 6.07) is 27.8. The molecule has 0 bridgehead atoms. The number of sulfonamides is 2. The Labute approximate surface area is 304 Å². The lowest BCUT2D eigenvalue weighted by Gasteiger charge is -2.28. The van der Waals surface area contributed by atoms with Crippen LogP contribution in [0.1, 0.15) is 49.7 Å². The molecule has 2 saturated heterocycles. The van der Waals surface area contributed by atoms with Crippen molar-refractivity contribution in [1.82, 2.24) is 9.66 Å². The number of nitrogens with one attached hydrogen (secondary N) is 2. The van der Waals surface area contributed by atoms with Crippen LogP contribution in [-0.2, 0) is 20.0 Å². The minimum absolute atomic E-state index is 0.120. The molecule has 0 amide bonds. The van der Waals surface area contributed by atoms with Crippen LogP contribution in [0.4, 0.5) is 11.4 Å². The highest BCUT2D eigenvalue weighted by molar-refractivity contribution is 7.89. The van der Waals surface area contributed by atoms with Crippen LogP contribution < -0.4 is 19.5 Å². The summed E-state index contributed by atoms with van der Waals surface area (Å²) >= 11 is 11.5. The number of halogens is 2. The summed E-state index contributed by atoms with van der Waals surface area (Å²) in [6.07, 6.45) is 10.5. The van der Waals surface area contributed by atoms with Gasteiger partial charge in [-0.15, -0.1) is 0 Å². The molecule has 6 rings (SSSR count). The van der Waals surface area contributed by atoms with E-state index in [2.05, 4.69) is 29.7 Å². The molecule has 4 aromatic rings. The van der Waals surface area contributed by atoms with Gasteiger partial charge in [0, 0.05) is 47.6 Å². The SMILES string of the molecule is O=S(=O)(N/N=C/c1ccc(N2CCCCC2)cc1)c1ccc(Cl)cc1.O=S(=O)(N/N=C/c1ccc(N2CCCCC2)cc1)c1ccc(Cl)cc1. The highest BCUT2D eigenvalue weighted by Gasteiger charge is 2.14. The molecule has 4 aromatic carbocycles. The molecule has 0 radical (unpaired) electrons. The topological polar surface area (TPSA) is 124 Å². The van der Waals surface area contributed by atoms with Gasteiger partial charge >= 0.3 is 0 Å². The number of nitrogens with zero attached hydrogens (tertiary/aromatic N) is 4. The lowest BCUT2D eigenvalue weighted by molar-refractivity contribution is 0.578. The molecule has 2 heterocycles. The molecular weight excluding hydrogens is 715 g/mol. The van der Waals surface area contributed by atoms with E-state index >= 15 is 0 Å². The Balaban J connectivity index is 0.000000194. The Morgan fingerprint density at radius 1 is 0.480 bits per heavy atom. The van der Waals surface area contributed by atoms with Crippen molar-refractivity contribution < 1.29 is 16.8 Å². The Hall–Kier alpha value is -4.10. The van der Waals surface area contributed by atoms with Gasteiger partial charge in [-0.25, -0.2) is 9.66 Å². The molecule has 2 fully saturated rings. The molecule has 264 valence electrons. The van der Waals surface area contributed by atoms with Crippen LogP contribution in [0.5, 0.6) is 0 Å². The van der Waals surface area contributed by atoms with E-state index < -0.39 is 20.0 Å². The number of rotatable bonds is 10. The number of hydrazone groups is 2. The maximum Gasteiger partial charge on any atom is 0.276 e. The van der Waals surface area contributed by atoms with Crippen molar-refractivity contribution in [1.29, 1.82) is 0 Å². The largest absolute Gasteiger partial charge is 0.372 e. The molecule has 2 aliphatic rings. The summed E-state index contributed by atoms with van der Waals surface area (Å²) in [4.78, 5) is 9.40. The van der Waals surface area contributed by atoms with Crippen LogP contribution in [0.25, 0.3) is 0 Å². The number of piperidine rings is 2. The fraction of sp³-hybridized carbons (Fsp3) is 0.278. The van der Waals surface area contributed by atoms with Gasteiger partial charge in [-0.1, -0.05) is 47.5 Å². The lowest BCUT2D eigenvalue weighted by Crippen LogP contribution is -2.29. The first-order chi connectivity index (χ1) is 24.1. The van der Waals surface area contributed by atoms with Crippen LogP contribution in [0.2, 0.25) is 10.0 Å². The van der Waals surface area contributed by atoms with Crippen LogP contribution in [0.3, 0.4) is 0 Å². The molecule has 0 atom stereocenters. The van der Waals surface area contributed by atoms with Crippen molar-refractivity contribution >= 4 is 67.1 Å². The summed E-state index contributed by atoms with van der Waals surface area (Å²) in [5, 5.41) is 8.65. The molecule has 10 nitrogen and oxygen atoms in total. The third-order valence-electron chi connectivity index (χ3n) is 8.25. The van der Waals surface area contributed by atoms with Crippen molar-refractivity contribution in [3.8, 4) is 0 Å². The van der Waals surface area contributed by atoms with E-state index in [0.717, 1.165) is 37.3 Å². The van der Waals surface area contributed by atoms with E-state index in [-0.39, 0.29) is 9.79 Å². The maximum atomic E-state index is 12.1. The van der Waals surface area contributed by atoms with Gasteiger partial charge in [0.1, 0.15) is 0 Å². The van der Waals surface area contributed by atoms with Gasteiger partial charge in [-0.2, -0.15) is 27.0 Å². The molecule has 2 N–H and O–H groups in total. The van der Waals surface area contributed by atoms with Gasteiger partial charge in [-0.3, -0.25) is 0 Å². The molecule has 2 aliphatic heterocycles.